The number of aromatic nitrogens is 2. The second-order valence-electron chi connectivity index (χ2n) is 2.86. The second-order valence-corrected chi connectivity index (χ2v) is 3.27. The molecule has 5 nitrogen and oxygen atoms in total. The minimum absolute atomic E-state index is 0.0252. The molecule has 0 saturated heterocycles. The van der Waals surface area contributed by atoms with E-state index < -0.39 is 5.97 Å². The van der Waals surface area contributed by atoms with Crippen LogP contribution in [0.4, 0.5) is 0 Å². The third-order valence-corrected chi connectivity index (χ3v) is 2.19. The van der Waals surface area contributed by atoms with Crippen molar-refractivity contribution in [2.24, 2.45) is 0 Å². The molecule has 1 rings (SSSR count). The van der Waals surface area contributed by atoms with Crippen LogP contribution in [0, 0.1) is 0 Å². The first-order valence-electron chi connectivity index (χ1n) is 4.38. The van der Waals surface area contributed by atoms with Crippen LogP contribution in [0.15, 0.2) is 6.20 Å². The van der Waals surface area contributed by atoms with Crippen molar-refractivity contribution in [3.05, 3.63) is 22.7 Å². The molecule has 0 fully saturated rings. The Hall–Kier alpha value is -1.20. The average molecular weight is 231 g/mol. The molecule has 1 heterocycles. The van der Waals surface area contributed by atoms with Crippen molar-refractivity contribution in [3.63, 3.8) is 0 Å². The second kappa shape index (κ2) is 5.04. The Labute approximate surface area is 92.1 Å². The highest BCUT2D eigenvalue weighted by atomic mass is 35.5. The van der Waals surface area contributed by atoms with Gasteiger partial charge < -0.3 is 9.84 Å². The first-order valence-corrected chi connectivity index (χ1v) is 4.76. The summed E-state index contributed by atoms with van der Waals surface area (Å²) in [6.45, 7) is 1.90. The van der Waals surface area contributed by atoms with Crippen molar-refractivity contribution in [1.29, 1.82) is 0 Å². The largest absolute Gasteiger partial charge is 0.476 e. The minimum atomic E-state index is -1.17. The Morgan fingerprint density at radius 2 is 2.40 bits per heavy atom. The van der Waals surface area contributed by atoms with Crippen molar-refractivity contribution < 1.29 is 14.6 Å². The van der Waals surface area contributed by atoms with E-state index in [0.29, 0.717) is 12.2 Å². The van der Waals surface area contributed by atoms with Crippen LogP contribution in [0.5, 0.6) is 0 Å². The number of methoxy groups -OCH3 is 1. The fourth-order valence-corrected chi connectivity index (χ4v) is 1.31. The Kier molecular flexibility index (Phi) is 3.99. The van der Waals surface area contributed by atoms with Crippen molar-refractivity contribution in [1.82, 2.24) is 9.97 Å². The van der Waals surface area contributed by atoms with Crippen LogP contribution in [0.3, 0.4) is 0 Å². The number of halogens is 1. The number of hydrogen-bond acceptors (Lipinski definition) is 4. The number of hydrogen-bond donors (Lipinski definition) is 1. The molecule has 0 amide bonds. The molecule has 0 bridgehead atoms. The van der Waals surface area contributed by atoms with Crippen LogP contribution in [0.1, 0.15) is 35.8 Å². The molecule has 82 valence electrons. The molecule has 0 aliphatic heterocycles. The summed E-state index contributed by atoms with van der Waals surface area (Å²) in [7, 11) is 1.52. The number of carboxylic acid groups (broad SMARTS) is 1. The molecule has 0 spiro atoms. The highest BCUT2D eigenvalue weighted by molar-refractivity contribution is 6.33. The molecular formula is C9H11ClN2O3. The molecule has 0 aromatic carbocycles. The molecule has 1 aromatic rings. The Morgan fingerprint density at radius 3 is 2.87 bits per heavy atom. The van der Waals surface area contributed by atoms with Crippen LogP contribution in [0.25, 0.3) is 0 Å². The van der Waals surface area contributed by atoms with Gasteiger partial charge in [0.05, 0.1) is 11.2 Å². The quantitative estimate of drug-likeness (QED) is 0.856. The minimum Gasteiger partial charge on any atom is -0.476 e. The van der Waals surface area contributed by atoms with Crippen LogP contribution < -0.4 is 0 Å². The van der Waals surface area contributed by atoms with Crippen molar-refractivity contribution in [3.8, 4) is 0 Å². The lowest BCUT2D eigenvalue weighted by atomic mass is 10.2. The van der Waals surface area contributed by atoms with E-state index in [0.717, 1.165) is 0 Å². The lowest BCUT2D eigenvalue weighted by Crippen LogP contribution is -2.10. The maximum absolute atomic E-state index is 10.8. The zero-order chi connectivity index (χ0) is 11.4. The van der Waals surface area contributed by atoms with Gasteiger partial charge in [0.25, 0.3) is 0 Å². The molecular weight excluding hydrogens is 220 g/mol. The summed E-state index contributed by atoms with van der Waals surface area (Å²) in [5.41, 5.74) is -0.197. The monoisotopic (exact) mass is 230 g/mol. The van der Waals surface area contributed by atoms with Gasteiger partial charge in [0.1, 0.15) is 6.10 Å². The molecule has 1 atom stereocenters. The standard InChI is InChI=1S/C9H11ClN2O3/c1-3-6(15-2)8-11-4-5(10)7(12-8)9(13)14/h4,6H,3H2,1-2H3,(H,13,14). The van der Waals surface area contributed by atoms with Gasteiger partial charge in [-0.15, -0.1) is 0 Å². The van der Waals surface area contributed by atoms with E-state index in [1.54, 1.807) is 0 Å². The van der Waals surface area contributed by atoms with Gasteiger partial charge in [0.2, 0.25) is 0 Å². The maximum atomic E-state index is 10.8. The third kappa shape index (κ3) is 2.64. The number of ether oxygens (including phenoxy) is 1. The first-order chi connectivity index (χ1) is 7.10. The Bertz CT molecular complexity index is 366. The normalized spacial score (nSPS) is 12.5. The van der Waals surface area contributed by atoms with Crippen LogP contribution >= 0.6 is 11.6 Å². The molecule has 0 aliphatic rings. The van der Waals surface area contributed by atoms with E-state index in [1.807, 2.05) is 6.92 Å². The van der Waals surface area contributed by atoms with E-state index in [9.17, 15) is 4.79 Å². The maximum Gasteiger partial charge on any atom is 0.356 e. The fraction of sp³-hybridized carbons (Fsp3) is 0.444. The average Bonchev–Trinajstić information content (AvgIpc) is 2.21. The summed E-state index contributed by atoms with van der Waals surface area (Å²) in [5, 5.41) is 8.83. The van der Waals surface area contributed by atoms with E-state index in [4.69, 9.17) is 21.4 Å². The van der Waals surface area contributed by atoms with Gasteiger partial charge in [-0.25, -0.2) is 14.8 Å². The van der Waals surface area contributed by atoms with Gasteiger partial charge in [-0.3, -0.25) is 0 Å². The molecule has 0 saturated carbocycles. The molecule has 6 heteroatoms. The van der Waals surface area contributed by atoms with Gasteiger partial charge in [0, 0.05) is 7.11 Å². The van der Waals surface area contributed by atoms with Gasteiger partial charge >= 0.3 is 5.97 Å². The first kappa shape index (κ1) is 11.9. The van der Waals surface area contributed by atoms with E-state index in [2.05, 4.69) is 9.97 Å². The summed E-state index contributed by atoms with van der Waals surface area (Å²) in [6, 6.07) is 0. The van der Waals surface area contributed by atoms with E-state index in [-0.39, 0.29) is 16.8 Å². The summed E-state index contributed by atoms with van der Waals surface area (Å²) in [4.78, 5) is 18.5. The van der Waals surface area contributed by atoms with Crippen LogP contribution in [-0.4, -0.2) is 28.2 Å². The highest BCUT2D eigenvalue weighted by Gasteiger charge is 2.17. The Balaban J connectivity index is 3.11. The number of rotatable bonds is 4. The topological polar surface area (TPSA) is 72.3 Å². The molecule has 15 heavy (non-hydrogen) atoms. The van der Waals surface area contributed by atoms with Gasteiger partial charge in [-0.2, -0.15) is 0 Å². The third-order valence-electron chi connectivity index (χ3n) is 1.91. The molecule has 0 aliphatic carbocycles. The van der Waals surface area contributed by atoms with Crippen molar-refractivity contribution in [2.75, 3.05) is 7.11 Å². The van der Waals surface area contributed by atoms with Crippen LogP contribution in [0.2, 0.25) is 5.02 Å². The number of carbonyl (C=O) groups is 1. The molecule has 1 aromatic heterocycles. The van der Waals surface area contributed by atoms with E-state index in [1.165, 1.54) is 13.3 Å². The van der Waals surface area contributed by atoms with Crippen LogP contribution in [-0.2, 0) is 4.74 Å². The van der Waals surface area contributed by atoms with E-state index >= 15 is 0 Å². The summed E-state index contributed by atoms with van der Waals surface area (Å²) in [5.74, 6) is -0.837. The zero-order valence-corrected chi connectivity index (χ0v) is 9.15. The summed E-state index contributed by atoms with van der Waals surface area (Å²) < 4.78 is 5.10. The van der Waals surface area contributed by atoms with Gasteiger partial charge in [-0.05, 0) is 6.42 Å². The lowest BCUT2D eigenvalue weighted by molar-refractivity contribution is 0.0684. The zero-order valence-electron chi connectivity index (χ0n) is 8.40. The number of aromatic carboxylic acids is 1. The van der Waals surface area contributed by atoms with Crippen molar-refractivity contribution in [2.45, 2.75) is 19.4 Å². The predicted octanol–water partition coefficient (Wildman–Crippen LogP) is 1.93. The van der Waals surface area contributed by atoms with Gasteiger partial charge in [0.15, 0.2) is 11.5 Å². The Morgan fingerprint density at radius 1 is 1.73 bits per heavy atom. The fourth-order valence-electron chi connectivity index (χ4n) is 1.14. The predicted molar refractivity (Wildman–Crippen MR) is 54.0 cm³/mol. The molecule has 0 radical (unpaired) electrons. The lowest BCUT2D eigenvalue weighted by Gasteiger charge is -2.11. The summed E-state index contributed by atoms with van der Waals surface area (Å²) >= 11 is 5.64. The van der Waals surface area contributed by atoms with Crippen molar-refractivity contribution >= 4 is 17.6 Å². The summed E-state index contributed by atoms with van der Waals surface area (Å²) in [6.07, 6.45) is 1.63. The highest BCUT2D eigenvalue weighted by Crippen LogP contribution is 2.19. The number of carboxylic acids is 1. The molecule has 1 unspecified atom stereocenters. The SMILES string of the molecule is CCC(OC)c1ncc(Cl)c(C(=O)O)n1. The smallest absolute Gasteiger partial charge is 0.356 e. The number of nitrogens with zero attached hydrogens (tertiary/aromatic N) is 2. The van der Waals surface area contributed by atoms with Gasteiger partial charge in [-0.1, -0.05) is 18.5 Å². The molecule has 1 N–H and O–H groups in total.